The zero-order chi connectivity index (χ0) is 20.4. The fourth-order valence-corrected chi connectivity index (χ4v) is 4.56. The largest absolute Gasteiger partial charge is 0.494 e. The Morgan fingerprint density at radius 1 is 1.38 bits per heavy atom. The summed E-state index contributed by atoms with van der Waals surface area (Å²) < 4.78 is 6.51. The molecule has 7 nitrogen and oxygen atoms in total. The number of thiazole rings is 1. The molecule has 1 aromatic carbocycles. The van der Waals surface area contributed by atoms with Gasteiger partial charge in [0.2, 0.25) is 0 Å². The topological polar surface area (TPSA) is 70.6 Å². The van der Waals surface area contributed by atoms with Gasteiger partial charge < -0.3 is 14.5 Å². The number of ether oxygens (including phenoxy) is 1. The molecule has 1 aliphatic rings. The first kappa shape index (κ1) is 19.7. The van der Waals surface area contributed by atoms with Crippen molar-refractivity contribution < 1.29 is 9.53 Å². The predicted octanol–water partition coefficient (Wildman–Crippen LogP) is 4.49. The van der Waals surface area contributed by atoms with Gasteiger partial charge in [0, 0.05) is 31.9 Å². The van der Waals surface area contributed by atoms with Crippen LogP contribution in [0.25, 0.3) is 10.2 Å². The molecule has 29 heavy (non-hydrogen) atoms. The molecule has 152 valence electrons. The van der Waals surface area contributed by atoms with E-state index in [4.69, 9.17) is 16.3 Å². The van der Waals surface area contributed by atoms with E-state index in [0.29, 0.717) is 36.4 Å². The van der Waals surface area contributed by atoms with Gasteiger partial charge in [-0.1, -0.05) is 22.9 Å². The molecule has 4 rings (SSSR count). The third-order valence-electron chi connectivity index (χ3n) is 4.81. The lowest BCUT2D eigenvalue weighted by Crippen LogP contribution is -2.55. The minimum Gasteiger partial charge on any atom is -0.494 e. The van der Waals surface area contributed by atoms with Crippen LogP contribution in [0.3, 0.4) is 0 Å². The second-order valence-corrected chi connectivity index (χ2v) is 8.25. The molecule has 1 fully saturated rings. The highest BCUT2D eigenvalue weighted by Gasteiger charge is 2.29. The van der Waals surface area contributed by atoms with E-state index in [-0.39, 0.29) is 12.1 Å². The highest BCUT2D eigenvalue weighted by Crippen LogP contribution is 2.30. The summed E-state index contributed by atoms with van der Waals surface area (Å²) in [5, 5.41) is 4.15. The summed E-state index contributed by atoms with van der Waals surface area (Å²) in [5.74, 6) is 1.57. The Hall–Kier alpha value is -2.58. The number of nitrogens with one attached hydrogen (secondary N) is 1. The molecule has 2 aromatic heterocycles. The van der Waals surface area contributed by atoms with Gasteiger partial charge in [-0.25, -0.2) is 14.8 Å². The first-order valence-electron chi connectivity index (χ1n) is 9.51. The van der Waals surface area contributed by atoms with E-state index < -0.39 is 0 Å². The van der Waals surface area contributed by atoms with Crippen LogP contribution in [0.4, 0.5) is 15.7 Å². The molecule has 1 saturated heterocycles. The molecule has 0 spiro atoms. The Labute approximate surface area is 178 Å². The van der Waals surface area contributed by atoms with Gasteiger partial charge in [0.15, 0.2) is 5.13 Å². The average molecular weight is 432 g/mol. The Kier molecular flexibility index (Phi) is 5.73. The van der Waals surface area contributed by atoms with Crippen molar-refractivity contribution in [2.45, 2.75) is 19.9 Å². The smallest absolute Gasteiger partial charge is 0.324 e. The number of rotatable bonds is 4. The van der Waals surface area contributed by atoms with Gasteiger partial charge >= 0.3 is 6.03 Å². The number of piperazine rings is 1. The van der Waals surface area contributed by atoms with Gasteiger partial charge in [0.1, 0.15) is 11.6 Å². The lowest BCUT2D eigenvalue weighted by Gasteiger charge is -2.40. The van der Waals surface area contributed by atoms with Gasteiger partial charge in [-0.2, -0.15) is 0 Å². The maximum Gasteiger partial charge on any atom is 0.324 e. The van der Waals surface area contributed by atoms with E-state index in [2.05, 4.69) is 20.2 Å². The molecule has 1 N–H and O–H groups in total. The van der Waals surface area contributed by atoms with Crippen molar-refractivity contribution >= 4 is 50.1 Å². The van der Waals surface area contributed by atoms with Gasteiger partial charge in [0.25, 0.3) is 0 Å². The summed E-state index contributed by atoms with van der Waals surface area (Å²) >= 11 is 7.71. The van der Waals surface area contributed by atoms with Gasteiger partial charge in [-0.3, -0.25) is 5.32 Å². The number of halogens is 1. The van der Waals surface area contributed by atoms with E-state index in [0.717, 1.165) is 21.8 Å². The highest BCUT2D eigenvalue weighted by molar-refractivity contribution is 7.22. The fourth-order valence-electron chi connectivity index (χ4n) is 3.44. The third-order valence-corrected chi connectivity index (χ3v) is 6.04. The van der Waals surface area contributed by atoms with Crippen LogP contribution in [0.5, 0.6) is 5.75 Å². The minimum atomic E-state index is -0.145. The second-order valence-electron chi connectivity index (χ2n) is 6.81. The summed E-state index contributed by atoms with van der Waals surface area (Å²) in [4.78, 5) is 25.7. The number of anilines is 2. The van der Waals surface area contributed by atoms with Crippen LogP contribution >= 0.6 is 22.9 Å². The van der Waals surface area contributed by atoms with Crippen LogP contribution in [0.1, 0.15) is 13.8 Å². The fraction of sp³-hybridized carbons (Fsp3) is 0.350. The van der Waals surface area contributed by atoms with Crippen molar-refractivity contribution in [2.75, 3.05) is 36.5 Å². The first-order chi connectivity index (χ1) is 14.0. The zero-order valence-electron chi connectivity index (χ0n) is 16.3. The van der Waals surface area contributed by atoms with Crippen molar-refractivity contribution in [1.29, 1.82) is 0 Å². The van der Waals surface area contributed by atoms with Crippen molar-refractivity contribution in [1.82, 2.24) is 14.9 Å². The molecule has 0 radical (unpaired) electrons. The number of fused-ring (bicyclic) bond motifs is 1. The van der Waals surface area contributed by atoms with E-state index in [1.54, 1.807) is 6.20 Å². The number of hydrogen-bond acceptors (Lipinski definition) is 6. The van der Waals surface area contributed by atoms with Gasteiger partial charge in [0.05, 0.1) is 21.8 Å². The predicted molar refractivity (Wildman–Crippen MR) is 117 cm³/mol. The standard InChI is InChI=1S/C20H22ClN5O2S/c1-3-28-14-6-7-16-17(11-14)29-19(23-16)24-20(27)26-10-9-25(12-13(26)2)18-15(21)5-4-8-22-18/h4-8,11,13H,3,9-10,12H2,1-2H3,(H,23,24,27)/t13-/m1/s1. The van der Waals surface area contributed by atoms with Gasteiger partial charge in [-0.05, 0) is 44.2 Å². The summed E-state index contributed by atoms with van der Waals surface area (Å²) in [5.41, 5.74) is 0.844. The molecule has 0 bridgehead atoms. The number of carbonyl (C=O) groups is 1. The van der Waals surface area contributed by atoms with Crippen molar-refractivity contribution in [3.63, 3.8) is 0 Å². The molecule has 1 atom stereocenters. The number of benzene rings is 1. The lowest BCUT2D eigenvalue weighted by atomic mass is 10.2. The van der Waals surface area contributed by atoms with Crippen LogP contribution in [0.2, 0.25) is 5.02 Å². The molecule has 0 aliphatic carbocycles. The first-order valence-corrected chi connectivity index (χ1v) is 10.7. The maximum absolute atomic E-state index is 12.8. The number of pyridine rings is 1. The Morgan fingerprint density at radius 2 is 2.24 bits per heavy atom. The van der Waals surface area contributed by atoms with Crippen molar-refractivity contribution in [3.05, 3.63) is 41.6 Å². The molecule has 0 saturated carbocycles. The monoisotopic (exact) mass is 431 g/mol. The molecular weight excluding hydrogens is 410 g/mol. The molecule has 3 heterocycles. The number of carbonyl (C=O) groups excluding carboxylic acids is 1. The average Bonchev–Trinajstić information content (AvgIpc) is 3.10. The van der Waals surface area contributed by atoms with E-state index in [1.807, 2.05) is 49.1 Å². The Morgan fingerprint density at radius 3 is 3.00 bits per heavy atom. The van der Waals surface area contributed by atoms with E-state index in [9.17, 15) is 4.79 Å². The molecule has 3 aromatic rings. The second kappa shape index (κ2) is 8.42. The molecular formula is C20H22ClN5O2S. The highest BCUT2D eigenvalue weighted by atomic mass is 35.5. The lowest BCUT2D eigenvalue weighted by molar-refractivity contribution is 0.184. The number of hydrogen-bond donors (Lipinski definition) is 1. The van der Waals surface area contributed by atoms with Crippen LogP contribution in [-0.2, 0) is 0 Å². The SMILES string of the molecule is CCOc1ccc2nc(NC(=O)N3CCN(c4ncccc4Cl)C[C@H]3C)sc2c1. The number of amides is 2. The van der Waals surface area contributed by atoms with Crippen molar-refractivity contribution in [3.8, 4) is 5.75 Å². The van der Waals surface area contributed by atoms with Crippen LogP contribution in [-0.4, -0.2) is 53.2 Å². The quantitative estimate of drug-likeness (QED) is 0.659. The Balaban J connectivity index is 1.42. The third kappa shape index (κ3) is 4.23. The number of nitrogens with zero attached hydrogens (tertiary/aromatic N) is 4. The molecule has 1 aliphatic heterocycles. The minimum absolute atomic E-state index is 0.0146. The Bertz CT molecular complexity index is 1030. The molecule has 0 unspecified atom stereocenters. The van der Waals surface area contributed by atoms with Crippen LogP contribution in [0.15, 0.2) is 36.5 Å². The molecule has 9 heteroatoms. The summed E-state index contributed by atoms with van der Waals surface area (Å²) in [6.07, 6.45) is 1.73. The number of aromatic nitrogens is 2. The van der Waals surface area contributed by atoms with Crippen molar-refractivity contribution in [2.24, 2.45) is 0 Å². The normalized spacial score (nSPS) is 16.9. The maximum atomic E-state index is 12.8. The number of urea groups is 1. The summed E-state index contributed by atoms with van der Waals surface area (Å²) in [6.45, 7) is 6.51. The van der Waals surface area contributed by atoms with Crippen LogP contribution < -0.4 is 15.0 Å². The summed E-state index contributed by atoms with van der Waals surface area (Å²) in [6, 6.07) is 9.26. The van der Waals surface area contributed by atoms with Crippen LogP contribution in [0, 0.1) is 0 Å². The van der Waals surface area contributed by atoms with Gasteiger partial charge in [-0.15, -0.1) is 0 Å². The molecule has 2 amide bonds. The zero-order valence-corrected chi connectivity index (χ0v) is 17.8. The van der Waals surface area contributed by atoms with E-state index in [1.165, 1.54) is 11.3 Å². The summed E-state index contributed by atoms with van der Waals surface area (Å²) in [7, 11) is 0. The van der Waals surface area contributed by atoms with E-state index >= 15 is 0 Å².